The number of aromatic nitrogens is 5. The molecule has 5 nitrogen and oxygen atoms in total. The van der Waals surface area contributed by atoms with Gasteiger partial charge in [-0.3, -0.25) is 4.68 Å². The Bertz CT molecular complexity index is 507. The van der Waals surface area contributed by atoms with Crippen LogP contribution < -0.4 is 0 Å². The minimum atomic E-state index is 0.631. The molecule has 1 N–H and O–H groups in total. The highest BCUT2D eigenvalue weighted by Crippen LogP contribution is 2.05. The van der Waals surface area contributed by atoms with Crippen LogP contribution in [0.1, 0.15) is 18.4 Å². The van der Waals surface area contributed by atoms with Gasteiger partial charge in [0.05, 0.1) is 6.54 Å². The maximum Gasteiger partial charge on any atom is 0.177 e. The molecular weight excluding hydrogens is 210 g/mol. The van der Waals surface area contributed by atoms with E-state index in [1.807, 2.05) is 17.8 Å². The Morgan fingerprint density at radius 3 is 2.93 bits per heavy atom. The number of imidazole rings is 1. The van der Waals surface area contributed by atoms with Gasteiger partial charge in [-0.15, -0.1) is 0 Å². The summed E-state index contributed by atoms with van der Waals surface area (Å²) in [7, 11) is 1.85. The molecule has 80 valence electrons. The molecule has 0 saturated carbocycles. The topological polar surface area (TPSA) is 51.4 Å². The molecule has 0 aliphatic heterocycles. The third-order valence-electron chi connectivity index (χ3n) is 2.26. The van der Waals surface area contributed by atoms with Gasteiger partial charge in [0.25, 0.3) is 0 Å². The molecule has 0 spiro atoms. The lowest BCUT2D eigenvalue weighted by Crippen LogP contribution is -2.05. The Labute approximate surface area is 92.8 Å². The largest absolute Gasteiger partial charge is 0.337 e. The van der Waals surface area contributed by atoms with Crippen molar-refractivity contribution >= 4 is 12.2 Å². The lowest BCUT2D eigenvalue weighted by atomic mass is 10.3. The Morgan fingerprint density at radius 1 is 1.53 bits per heavy atom. The van der Waals surface area contributed by atoms with Crippen LogP contribution in [0.4, 0.5) is 0 Å². The van der Waals surface area contributed by atoms with Gasteiger partial charge < -0.3 is 9.55 Å². The fraction of sp³-hybridized carbons (Fsp3) is 0.444. The highest BCUT2D eigenvalue weighted by molar-refractivity contribution is 7.71. The summed E-state index contributed by atoms with van der Waals surface area (Å²) in [6.07, 6.45) is 4.57. The van der Waals surface area contributed by atoms with E-state index in [0.29, 0.717) is 6.54 Å². The molecule has 2 aromatic heterocycles. The first kappa shape index (κ1) is 10.1. The van der Waals surface area contributed by atoms with Crippen molar-refractivity contribution in [1.29, 1.82) is 0 Å². The van der Waals surface area contributed by atoms with E-state index in [2.05, 4.69) is 22.0 Å². The molecule has 2 heterocycles. The number of H-pyrrole nitrogens is 1. The molecule has 0 aromatic carbocycles. The molecule has 15 heavy (non-hydrogen) atoms. The molecule has 2 aromatic rings. The van der Waals surface area contributed by atoms with E-state index >= 15 is 0 Å². The molecule has 6 heteroatoms. The number of aryl methyl sites for hydroxylation is 2. The van der Waals surface area contributed by atoms with E-state index in [0.717, 1.165) is 17.0 Å². The molecular formula is C9H13N5S. The zero-order valence-electron chi connectivity index (χ0n) is 8.77. The van der Waals surface area contributed by atoms with Crippen molar-refractivity contribution in [1.82, 2.24) is 24.3 Å². The maximum absolute atomic E-state index is 5.19. The smallest absolute Gasteiger partial charge is 0.177 e. The standard InChI is InChI=1S/C9H13N5S/c1-3-7-4-10-9(15)14(7)5-8-11-6-13(2)12-8/h4,6H,3,5H2,1-2H3,(H,10,15). The molecule has 0 bridgehead atoms. The average molecular weight is 223 g/mol. The van der Waals surface area contributed by atoms with Crippen molar-refractivity contribution in [3.8, 4) is 0 Å². The van der Waals surface area contributed by atoms with Gasteiger partial charge in [0, 0.05) is 18.9 Å². The Kier molecular flexibility index (Phi) is 2.68. The van der Waals surface area contributed by atoms with Gasteiger partial charge in [0.2, 0.25) is 0 Å². The Balaban J connectivity index is 2.31. The van der Waals surface area contributed by atoms with Crippen molar-refractivity contribution in [3.63, 3.8) is 0 Å². The summed E-state index contributed by atoms with van der Waals surface area (Å²) in [5.41, 5.74) is 1.17. The predicted octanol–water partition coefficient (Wildman–Crippen LogP) is 1.28. The fourth-order valence-corrected chi connectivity index (χ4v) is 1.74. The van der Waals surface area contributed by atoms with Crippen LogP contribution in [0.3, 0.4) is 0 Å². The molecule has 0 saturated heterocycles. The number of nitrogens with zero attached hydrogens (tertiary/aromatic N) is 4. The lowest BCUT2D eigenvalue weighted by Gasteiger charge is -2.02. The van der Waals surface area contributed by atoms with Gasteiger partial charge >= 0.3 is 0 Å². The summed E-state index contributed by atoms with van der Waals surface area (Å²) in [4.78, 5) is 7.21. The van der Waals surface area contributed by atoms with Crippen molar-refractivity contribution in [3.05, 3.63) is 28.8 Å². The van der Waals surface area contributed by atoms with Gasteiger partial charge in [0.1, 0.15) is 6.33 Å². The Morgan fingerprint density at radius 2 is 2.33 bits per heavy atom. The molecule has 0 atom stereocenters. The maximum atomic E-state index is 5.19. The summed E-state index contributed by atoms with van der Waals surface area (Å²) in [6.45, 7) is 2.73. The number of aromatic amines is 1. The molecule has 0 aliphatic rings. The van der Waals surface area contributed by atoms with Crippen LogP contribution in [-0.2, 0) is 20.0 Å². The fourth-order valence-electron chi connectivity index (χ4n) is 1.50. The van der Waals surface area contributed by atoms with Crippen LogP contribution in [0.2, 0.25) is 0 Å². The van der Waals surface area contributed by atoms with Crippen LogP contribution in [0.15, 0.2) is 12.5 Å². The molecule has 2 rings (SSSR count). The lowest BCUT2D eigenvalue weighted by molar-refractivity contribution is 0.676. The van der Waals surface area contributed by atoms with E-state index in [1.165, 1.54) is 5.69 Å². The molecule has 0 aliphatic carbocycles. The summed E-state index contributed by atoms with van der Waals surface area (Å²) in [5.74, 6) is 0.780. The van der Waals surface area contributed by atoms with E-state index in [-0.39, 0.29) is 0 Å². The van der Waals surface area contributed by atoms with Crippen molar-refractivity contribution < 1.29 is 0 Å². The highest BCUT2D eigenvalue weighted by atomic mass is 32.1. The summed E-state index contributed by atoms with van der Waals surface area (Å²) in [5, 5.41) is 4.23. The number of rotatable bonds is 3. The zero-order chi connectivity index (χ0) is 10.8. The Hall–Kier alpha value is -1.43. The summed E-state index contributed by atoms with van der Waals surface area (Å²) in [6, 6.07) is 0. The third-order valence-corrected chi connectivity index (χ3v) is 2.60. The average Bonchev–Trinajstić information content (AvgIpc) is 2.76. The summed E-state index contributed by atoms with van der Waals surface area (Å²) >= 11 is 5.19. The van der Waals surface area contributed by atoms with Gasteiger partial charge in [-0.25, -0.2) is 4.98 Å². The molecule has 0 amide bonds. The highest BCUT2D eigenvalue weighted by Gasteiger charge is 2.05. The van der Waals surface area contributed by atoms with Crippen LogP contribution in [0.25, 0.3) is 0 Å². The monoisotopic (exact) mass is 223 g/mol. The predicted molar refractivity (Wildman–Crippen MR) is 59.1 cm³/mol. The first-order valence-electron chi connectivity index (χ1n) is 4.82. The molecule has 0 unspecified atom stereocenters. The van der Waals surface area contributed by atoms with Crippen LogP contribution >= 0.6 is 12.2 Å². The number of hydrogen-bond donors (Lipinski definition) is 1. The summed E-state index contributed by atoms with van der Waals surface area (Å²) < 4.78 is 4.43. The van der Waals surface area contributed by atoms with Crippen LogP contribution in [0, 0.1) is 4.77 Å². The van der Waals surface area contributed by atoms with Crippen LogP contribution in [-0.4, -0.2) is 24.3 Å². The van der Waals surface area contributed by atoms with E-state index in [4.69, 9.17) is 12.2 Å². The van der Waals surface area contributed by atoms with Crippen molar-refractivity contribution in [2.24, 2.45) is 7.05 Å². The van der Waals surface area contributed by atoms with E-state index in [9.17, 15) is 0 Å². The van der Waals surface area contributed by atoms with E-state index < -0.39 is 0 Å². The normalized spacial score (nSPS) is 10.8. The molecule has 0 fully saturated rings. The van der Waals surface area contributed by atoms with E-state index in [1.54, 1.807) is 11.0 Å². The van der Waals surface area contributed by atoms with Gasteiger partial charge in [-0.2, -0.15) is 5.10 Å². The van der Waals surface area contributed by atoms with Crippen molar-refractivity contribution in [2.75, 3.05) is 0 Å². The SMILES string of the molecule is CCc1c[nH]c(=S)n1Cc1ncn(C)n1. The van der Waals surface area contributed by atoms with Gasteiger partial charge in [-0.1, -0.05) is 6.92 Å². The van der Waals surface area contributed by atoms with Crippen molar-refractivity contribution in [2.45, 2.75) is 19.9 Å². The first-order chi connectivity index (χ1) is 7.20. The third kappa shape index (κ3) is 1.99. The number of nitrogens with one attached hydrogen (secondary N) is 1. The first-order valence-corrected chi connectivity index (χ1v) is 5.23. The van der Waals surface area contributed by atoms with Gasteiger partial charge in [-0.05, 0) is 18.6 Å². The minimum Gasteiger partial charge on any atom is -0.337 e. The van der Waals surface area contributed by atoms with Gasteiger partial charge in [0.15, 0.2) is 10.6 Å². The number of hydrogen-bond acceptors (Lipinski definition) is 3. The molecule has 0 radical (unpaired) electrons. The second-order valence-electron chi connectivity index (χ2n) is 3.36. The second kappa shape index (κ2) is 3.98. The second-order valence-corrected chi connectivity index (χ2v) is 3.75. The van der Waals surface area contributed by atoms with Crippen LogP contribution in [0.5, 0.6) is 0 Å². The quantitative estimate of drug-likeness (QED) is 0.798. The minimum absolute atomic E-state index is 0.631. The zero-order valence-corrected chi connectivity index (χ0v) is 9.58.